The lowest BCUT2D eigenvalue weighted by atomic mass is 9.53. The van der Waals surface area contributed by atoms with Crippen LogP contribution in [0.1, 0.15) is 53.4 Å². The van der Waals surface area contributed by atoms with Crippen LogP contribution in [0, 0.1) is 28.6 Å². The molecule has 3 saturated carbocycles. The van der Waals surface area contributed by atoms with E-state index in [2.05, 4.69) is 20.8 Å². The molecule has 0 bridgehead atoms. The number of aliphatic hydroxyl groups excluding tert-OH is 4. The van der Waals surface area contributed by atoms with Crippen molar-refractivity contribution in [3.63, 3.8) is 0 Å². The van der Waals surface area contributed by atoms with Crippen LogP contribution in [-0.4, -0.2) is 74.6 Å². The van der Waals surface area contributed by atoms with E-state index in [9.17, 15) is 25.5 Å². The molecule has 7 heteroatoms. The molecule has 0 aromatic carbocycles. The molecule has 11 atom stereocenters. The van der Waals surface area contributed by atoms with Gasteiger partial charge in [0.2, 0.25) is 0 Å². The summed E-state index contributed by atoms with van der Waals surface area (Å²) in [4.78, 5) is 0. The molecule has 4 rings (SSSR count). The second-order valence-electron chi connectivity index (χ2n) is 10.7. The number of ether oxygens (including phenoxy) is 2. The Morgan fingerprint density at radius 2 is 1.64 bits per heavy atom. The summed E-state index contributed by atoms with van der Waals surface area (Å²) in [5.41, 5.74) is -0.811. The van der Waals surface area contributed by atoms with E-state index in [-0.39, 0.29) is 22.9 Å². The minimum absolute atomic E-state index is 0.0948. The van der Waals surface area contributed by atoms with Crippen molar-refractivity contribution in [1.82, 2.24) is 0 Å². The van der Waals surface area contributed by atoms with Crippen molar-refractivity contribution in [1.29, 1.82) is 0 Å². The normalized spacial score (nSPS) is 58.0. The zero-order chi connectivity index (χ0) is 20.6. The van der Waals surface area contributed by atoms with Gasteiger partial charge in [0.05, 0.1) is 18.3 Å². The standard InChI is InChI=1S/C21H36O7/c1-19(2)10-5-7-20(3)12(6-8-21(4,26)17(20)13(10)19)28-18-16(25)15(24)14(23)11(9-22)27-18/h10-18,22-26H,5-9H2,1-4H3. The van der Waals surface area contributed by atoms with Crippen LogP contribution >= 0.6 is 0 Å². The number of fused-ring (bicyclic) bond motifs is 3. The van der Waals surface area contributed by atoms with Crippen molar-refractivity contribution in [2.75, 3.05) is 6.61 Å². The highest BCUT2D eigenvalue weighted by Crippen LogP contribution is 2.74. The molecule has 0 aromatic rings. The smallest absolute Gasteiger partial charge is 0.186 e. The zero-order valence-corrected chi connectivity index (χ0v) is 17.3. The van der Waals surface area contributed by atoms with Gasteiger partial charge in [-0.2, -0.15) is 0 Å². The van der Waals surface area contributed by atoms with Crippen LogP contribution in [0.2, 0.25) is 0 Å². The molecule has 0 amide bonds. The maximum absolute atomic E-state index is 11.3. The van der Waals surface area contributed by atoms with Gasteiger partial charge in [0, 0.05) is 0 Å². The topological polar surface area (TPSA) is 120 Å². The SMILES string of the molecule is CC1(O)CCC(OC2OC(CO)C(O)C(O)C2O)C2(C)CCC3C(C12)C3(C)C. The third-order valence-electron chi connectivity index (χ3n) is 8.67. The van der Waals surface area contributed by atoms with Crippen LogP contribution in [0.4, 0.5) is 0 Å². The second kappa shape index (κ2) is 6.61. The Labute approximate surface area is 166 Å². The van der Waals surface area contributed by atoms with Crippen molar-refractivity contribution in [2.24, 2.45) is 28.6 Å². The average Bonchev–Trinajstić information content (AvgIpc) is 3.17. The zero-order valence-electron chi connectivity index (χ0n) is 17.3. The Balaban J connectivity index is 1.57. The van der Waals surface area contributed by atoms with E-state index in [1.54, 1.807) is 0 Å². The maximum atomic E-state index is 11.3. The lowest BCUT2D eigenvalue weighted by molar-refractivity contribution is -0.331. The molecule has 1 saturated heterocycles. The van der Waals surface area contributed by atoms with Crippen molar-refractivity contribution in [2.45, 2.75) is 95.8 Å². The Hall–Kier alpha value is -0.280. The molecule has 11 unspecified atom stereocenters. The van der Waals surface area contributed by atoms with E-state index in [1.165, 1.54) is 0 Å². The summed E-state index contributed by atoms with van der Waals surface area (Å²) in [5.74, 6) is 1.17. The molecule has 0 spiro atoms. The van der Waals surface area contributed by atoms with Gasteiger partial charge >= 0.3 is 0 Å². The van der Waals surface area contributed by atoms with Gasteiger partial charge in [-0.1, -0.05) is 20.8 Å². The Morgan fingerprint density at radius 1 is 0.964 bits per heavy atom. The van der Waals surface area contributed by atoms with Gasteiger partial charge in [0.1, 0.15) is 24.4 Å². The van der Waals surface area contributed by atoms with E-state index >= 15 is 0 Å². The van der Waals surface area contributed by atoms with E-state index in [1.807, 2.05) is 6.92 Å². The molecule has 0 aromatic heterocycles. The molecular formula is C21H36O7. The molecule has 3 aliphatic carbocycles. The van der Waals surface area contributed by atoms with Gasteiger partial charge in [-0.05, 0) is 61.2 Å². The second-order valence-corrected chi connectivity index (χ2v) is 10.7. The lowest BCUT2D eigenvalue weighted by Gasteiger charge is -2.57. The summed E-state index contributed by atoms with van der Waals surface area (Å²) >= 11 is 0. The molecular weight excluding hydrogens is 364 g/mol. The summed E-state index contributed by atoms with van der Waals surface area (Å²) in [6.07, 6.45) is -3.30. The van der Waals surface area contributed by atoms with Crippen molar-refractivity contribution in [3.8, 4) is 0 Å². The van der Waals surface area contributed by atoms with E-state index in [4.69, 9.17) is 9.47 Å². The molecule has 1 heterocycles. The molecule has 5 N–H and O–H groups in total. The first kappa shape index (κ1) is 21.0. The number of hydrogen-bond donors (Lipinski definition) is 5. The highest BCUT2D eigenvalue weighted by Gasteiger charge is 2.72. The van der Waals surface area contributed by atoms with Crippen LogP contribution in [0.3, 0.4) is 0 Å². The fraction of sp³-hybridized carbons (Fsp3) is 1.00. The summed E-state index contributed by atoms with van der Waals surface area (Å²) in [6.45, 7) is 8.21. The number of rotatable bonds is 3. The summed E-state index contributed by atoms with van der Waals surface area (Å²) in [5, 5.41) is 51.2. The van der Waals surface area contributed by atoms with Crippen LogP contribution < -0.4 is 0 Å². The minimum atomic E-state index is -1.44. The predicted molar refractivity (Wildman–Crippen MR) is 100 cm³/mol. The van der Waals surface area contributed by atoms with Crippen LogP contribution in [-0.2, 0) is 9.47 Å². The number of aliphatic hydroxyl groups is 5. The molecule has 4 aliphatic rings. The first-order valence-corrected chi connectivity index (χ1v) is 10.6. The van der Waals surface area contributed by atoms with Crippen molar-refractivity contribution < 1.29 is 35.0 Å². The van der Waals surface area contributed by atoms with E-state index in [0.29, 0.717) is 24.7 Å². The fourth-order valence-electron chi connectivity index (χ4n) is 6.96. The van der Waals surface area contributed by atoms with Gasteiger partial charge in [-0.25, -0.2) is 0 Å². The average molecular weight is 401 g/mol. The number of hydrogen-bond acceptors (Lipinski definition) is 7. The highest BCUT2D eigenvalue weighted by atomic mass is 16.7. The third-order valence-corrected chi connectivity index (χ3v) is 8.67. The van der Waals surface area contributed by atoms with Crippen LogP contribution in [0.5, 0.6) is 0 Å². The summed E-state index contributed by atoms with van der Waals surface area (Å²) in [7, 11) is 0. The Kier molecular flexibility index (Phi) is 4.95. The highest BCUT2D eigenvalue weighted by molar-refractivity contribution is 5.20. The Bertz CT molecular complexity index is 606. The van der Waals surface area contributed by atoms with E-state index < -0.39 is 42.9 Å². The third kappa shape index (κ3) is 2.89. The fourth-order valence-corrected chi connectivity index (χ4v) is 6.96. The first-order chi connectivity index (χ1) is 12.9. The predicted octanol–water partition coefficient (Wildman–Crippen LogP) is 0.405. The summed E-state index contributed by atoms with van der Waals surface area (Å²) < 4.78 is 11.8. The molecule has 28 heavy (non-hydrogen) atoms. The molecule has 7 nitrogen and oxygen atoms in total. The molecule has 162 valence electrons. The lowest BCUT2D eigenvalue weighted by Crippen LogP contribution is -2.63. The quantitative estimate of drug-likeness (QED) is 0.465. The van der Waals surface area contributed by atoms with E-state index in [0.717, 1.165) is 12.8 Å². The van der Waals surface area contributed by atoms with Crippen molar-refractivity contribution >= 4 is 0 Å². The first-order valence-electron chi connectivity index (χ1n) is 10.6. The maximum Gasteiger partial charge on any atom is 0.186 e. The molecule has 0 radical (unpaired) electrons. The largest absolute Gasteiger partial charge is 0.394 e. The van der Waals surface area contributed by atoms with Gasteiger partial charge in [0.15, 0.2) is 6.29 Å². The summed E-state index contributed by atoms with van der Waals surface area (Å²) in [6, 6.07) is 0. The van der Waals surface area contributed by atoms with Gasteiger partial charge in [-0.3, -0.25) is 0 Å². The van der Waals surface area contributed by atoms with Gasteiger partial charge < -0.3 is 35.0 Å². The van der Waals surface area contributed by atoms with Gasteiger partial charge in [-0.15, -0.1) is 0 Å². The van der Waals surface area contributed by atoms with Gasteiger partial charge in [0.25, 0.3) is 0 Å². The van der Waals surface area contributed by atoms with Crippen molar-refractivity contribution in [3.05, 3.63) is 0 Å². The Morgan fingerprint density at radius 3 is 2.29 bits per heavy atom. The van der Waals surface area contributed by atoms with Crippen LogP contribution in [0.15, 0.2) is 0 Å². The molecule has 1 aliphatic heterocycles. The molecule has 4 fully saturated rings. The van der Waals surface area contributed by atoms with Crippen LogP contribution in [0.25, 0.3) is 0 Å². The minimum Gasteiger partial charge on any atom is -0.394 e. The monoisotopic (exact) mass is 400 g/mol.